The molecule has 0 amide bonds. The maximum absolute atomic E-state index is 12.2. The summed E-state index contributed by atoms with van der Waals surface area (Å²) in [7, 11) is 1.50. The molecule has 0 heterocycles. The molecule has 1 aliphatic carbocycles. The van der Waals surface area contributed by atoms with Crippen LogP contribution in [0, 0.1) is 5.41 Å². The fraction of sp³-hybridized carbons (Fsp3) is 0.933. The molecular formula is C15H28O3. The van der Waals surface area contributed by atoms with E-state index in [1.165, 1.54) is 20.0 Å². The summed E-state index contributed by atoms with van der Waals surface area (Å²) < 4.78 is 11.0. The number of ether oxygens (including phenoxy) is 2. The Morgan fingerprint density at radius 2 is 2.06 bits per heavy atom. The van der Waals surface area contributed by atoms with Crippen molar-refractivity contribution in [3.8, 4) is 0 Å². The summed E-state index contributed by atoms with van der Waals surface area (Å²) in [6.07, 6.45) is 8.45. The molecule has 2 atom stereocenters. The largest absolute Gasteiger partial charge is 0.469 e. The minimum absolute atomic E-state index is 0.0581. The van der Waals surface area contributed by atoms with Crippen LogP contribution in [-0.4, -0.2) is 25.8 Å². The Morgan fingerprint density at radius 3 is 2.67 bits per heavy atom. The lowest BCUT2D eigenvalue weighted by molar-refractivity contribution is -0.162. The van der Waals surface area contributed by atoms with E-state index < -0.39 is 0 Å². The average Bonchev–Trinajstić information content (AvgIpc) is 2.80. The van der Waals surface area contributed by atoms with Crippen molar-refractivity contribution in [2.24, 2.45) is 5.41 Å². The van der Waals surface area contributed by atoms with Crippen molar-refractivity contribution in [2.45, 2.75) is 71.3 Å². The Balaban J connectivity index is 2.71. The minimum Gasteiger partial charge on any atom is -0.469 e. The summed E-state index contributed by atoms with van der Waals surface area (Å²) in [6, 6.07) is 0. The van der Waals surface area contributed by atoms with Crippen molar-refractivity contribution in [2.75, 3.05) is 13.7 Å². The second-order valence-electron chi connectivity index (χ2n) is 5.36. The fourth-order valence-electron chi connectivity index (χ4n) is 3.06. The molecule has 3 nitrogen and oxygen atoms in total. The van der Waals surface area contributed by atoms with Gasteiger partial charge < -0.3 is 9.47 Å². The standard InChI is InChI=1S/C15H28O3/c1-4-6-7-10-15(14(16)17-3)11-8-9-13(15)18-12-5-2/h13H,4-12H2,1-3H3. The third-order valence-electron chi connectivity index (χ3n) is 4.05. The van der Waals surface area contributed by atoms with E-state index in [0.29, 0.717) is 0 Å². The van der Waals surface area contributed by atoms with Gasteiger partial charge in [0.2, 0.25) is 0 Å². The first-order valence-corrected chi connectivity index (χ1v) is 7.41. The number of carbonyl (C=O) groups is 1. The summed E-state index contributed by atoms with van der Waals surface area (Å²) in [6.45, 7) is 5.04. The van der Waals surface area contributed by atoms with Gasteiger partial charge in [0.25, 0.3) is 0 Å². The van der Waals surface area contributed by atoms with Crippen LogP contribution in [0.15, 0.2) is 0 Å². The quantitative estimate of drug-likeness (QED) is 0.490. The second-order valence-corrected chi connectivity index (χ2v) is 5.36. The Morgan fingerprint density at radius 1 is 1.28 bits per heavy atom. The van der Waals surface area contributed by atoms with E-state index in [2.05, 4.69) is 13.8 Å². The fourth-order valence-corrected chi connectivity index (χ4v) is 3.06. The van der Waals surface area contributed by atoms with Gasteiger partial charge in [-0.3, -0.25) is 4.79 Å². The Hall–Kier alpha value is -0.570. The lowest BCUT2D eigenvalue weighted by Gasteiger charge is -2.32. The normalized spacial score (nSPS) is 27.4. The van der Waals surface area contributed by atoms with Crippen molar-refractivity contribution < 1.29 is 14.3 Å². The molecule has 1 saturated carbocycles. The SMILES string of the molecule is CCCCCC1(C(=O)OC)CCCC1OCCC. The summed E-state index contributed by atoms with van der Waals surface area (Å²) >= 11 is 0. The smallest absolute Gasteiger partial charge is 0.314 e. The zero-order valence-corrected chi connectivity index (χ0v) is 12.2. The van der Waals surface area contributed by atoms with Crippen LogP contribution in [-0.2, 0) is 14.3 Å². The highest BCUT2D eigenvalue weighted by atomic mass is 16.5. The van der Waals surface area contributed by atoms with E-state index in [0.717, 1.165) is 45.1 Å². The highest BCUT2D eigenvalue weighted by molar-refractivity contribution is 5.78. The van der Waals surface area contributed by atoms with E-state index in [1.807, 2.05) is 0 Å². The van der Waals surface area contributed by atoms with Crippen molar-refractivity contribution in [1.82, 2.24) is 0 Å². The van der Waals surface area contributed by atoms with Crippen LogP contribution in [0.4, 0.5) is 0 Å². The first kappa shape index (κ1) is 15.5. The first-order valence-electron chi connectivity index (χ1n) is 7.41. The lowest BCUT2D eigenvalue weighted by atomic mass is 9.79. The third-order valence-corrected chi connectivity index (χ3v) is 4.05. The van der Waals surface area contributed by atoms with Gasteiger partial charge in [-0.1, -0.05) is 33.1 Å². The number of carbonyl (C=O) groups excluding carboxylic acids is 1. The molecule has 3 heteroatoms. The molecular weight excluding hydrogens is 228 g/mol. The number of rotatable bonds is 8. The van der Waals surface area contributed by atoms with Crippen LogP contribution in [0.3, 0.4) is 0 Å². The average molecular weight is 256 g/mol. The van der Waals surface area contributed by atoms with Crippen molar-refractivity contribution in [1.29, 1.82) is 0 Å². The molecule has 18 heavy (non-hydrogen) atoms. The molecule has 0 spiro atoms. The Bertz CT molecular complexity index is 252. The molecule has 0 bridgehead atoms. The maximum Gasteiger partial charge on any atom is 0.314 e. The second kappa shape index (κ2) is 7.78. The highest BCUT2D eigenvalue weighted by Crippen LogP contribution is 2.45. The first-order chi connectivity index (χ1) is 8.71. The monoisotopic (exact) mass is 256 g/mol. The van der Waals surface area contributed by atoms with Gasteiger partial charge >= 0.3 is 5.97 Å². The van der Waals surface area contributed by atoms with Gasteiger partial charge in [0.15, 0.2) is 0 Å². The molecule has 0 aromatic heterocycles. The topological polar surface area (TPSA) is 35.5 Å². The predicted octanol–water partition coefficient (Wildman–Crippen LogP) is 3.71. The predicted molar refractivity (Wildman–Crippen MR) is 72.5 cm³/mol. The maximum atomic E-state index is 12.2. The van der Waals surface area contributed by atoms with Crippen LogP contribution in [0.5, 0.6) is 0 Å². The van der Waals surface area contributed by atoms with Crippen LogP contribution in [0.25, 0.3) is 0 Å². The van der Waals surface area contributed by atoms with Crippen molar-refractivity contribution >= 4 is 5.97 Å². The number of unbranched alkanes of at least 4 members (excludes halogenated alkanes) is 2. The Kier molecular flexibility index (Phi) is 6.69. The van der Waals surface area contributed by atoms with E-state index in [4.69, 9.17) is 9.47 Å². The van der Waals surface area contributed by atoms with Gasteiger partial charge in [0.1, 0.15) is 0 Å². The van der Waals surface area contributed by atoms with Gasteiger partial charge in [-0.05, 0) is 32.1 Å². The van der Waals surface area contributed by atoms with Gasteiger partial charge in [-0.2, -0.15) is 0 Å². The lowest BCUT2D eigenvalue weighted by Crippen LogP contribution is -2.41. The van der Waals surface area contributed by atoms with Crippen LogP contribution in [0.1, 0.15) is 65.2 Å². The van der Waals surface area contributed by atoms with Gasteiger partial charge in [-0.25, -0.2) is 0 Å². The zero-order valence-electron chi connectivity index (χ0n) is 12.2. The van der Waals surface area contributed by atoms with Crippen LogP contribution in [0.2, 0.25) is 0 Å². The molecule has 0 radical (unpaired) electrons. The van der Waals surface area contributed by atoms with E-state index in [-0.39, 0.29) is 17.5 Å². The summed E-state index contributed by atoms with van der Waals surface area (Å²) in [5, 5.41) is 0. The zero-order chi connectivity index (χ0) is 13.4. The van der Waals surface area contributed by atoms with Crippen LogP contribution < -0.4 is 0 Å². The molecule has 1 fully saturated rings. The minimum atomic E-state index is -0.362. The number of esters is 1. The van der Waals surface area contributed by atoms with Crippen molar-refractivity contribution in [3.63, 3.8) is 0 Å². The molecule has 0 N–H and O–H groups in total. The van der Waals surface area contributed by atoms with E-state index >= 15 is 0 Å². The van der Waals surface area contributed by atoms with Gasteiger partial charge in [0.05, 0.1) is 18.6 Å². The number of methoxy groups -OCH3 is 1. The van der Waals surface area contributed by atoms with Gasteiger partial charge in [0, 0.05) is 6.61 Å². The molecule has 2 unspecified atom stereocenters. The molecule has 106 valence electrons. The summed E-state index contributed by atoms with van der Waals surface area (Å²) in [5.41, 5.74) is -0.362. The summed E-state index contributed by atoms with van der Waals surface area (Å²) in [5.74, 6) is -0.0581. The Labute approximate surface area is 111 Å². The molecule has 1 aliphatic rings. The third kappa shape index (κ3) is 3.47. The van der Waals surface area contributed by atoms with E-state index in [1.54, 1.807) is 0 Å². The molecule has 0 aromatic carbocycles. The van der Waals surface area contributed by atoms with Crippen molar-refractivity contribution in [3.05, 3.63) is 0 Å². The summed E-state index contributed by atoms with van der Waals surface area (Å²) in [4.78, 5) is 12.2. The van der Waals surface area contributed by atoms with Crippen LogP contribution >= 0.6 is 0 Å². The number of hydrogen-bond donors (Lipinski definition) is 0. The van der Waals surface area contributed by atoms with Gasteiger partial charge in [-0.15, -0.1) is 0 Å². The van der Waals surface area contributed by atoms with E-state index in [9.17, 15) is 4.79 Å². The number of hydrogen-bond acceptors (Lipinski definition) is 3. The molecule has 1 rings (SSSR count). The molecule has 0 aromatic rings. The highest BCUT2D eigenvalue weighted by Gasteiger charge is 2.50. The molecule has 0 aliphatic heterocycles. The molecule has 0 saturated heterocycles.